The van der Waals surface area contributed by atoms with Gasteiger partial charge in [-0.1, -0.05) is 11.6 Å². The number of pyridine rings is 1. The first kappa shape index (κ1) is 20.1. The van der Waals surface area contributed by atoms with Crippen LogP contribution < -0.4 is 10.1 Å². The van der Waals surface area contributed by atoms with E-state index in [-0.39, 0.29) is 22.7 Å². The topological polar surface area (TPSA) is 91.8 Å². The van der Waals surface area contributed by atoms with Crippen LogP contribution in [0.4, 0.5) is 23.7 Å². The van der Waals surface area contributed by atoms with Crippen LogP contribution in [0.25, 0.3) is 0 Å². The lowest BCUT2D eigenvalue weighted by molar-refractivity contribution is -0.187. The van der Waals surface area contributed by atoms with Crippen molar-refractivity contribution in [3.63, 3.8) is 0 Å². The van der Waals surface area contributed by atoms with E-state index in [1.165, 1.54) is 12.3 Å². The summed E-state index contributed by atoms with van der Waals surface area (Å²) in [6.07, 6.45) is -3.69. The Balaban J connectivity index is 2.18. The Morgan fingerprint density at radius 2 is 2.08 bits per heavy atom. The highest BCUT2D eigenvalue weighted by atomic mass is 35.5. The van der Waals surface area contributed by atoms with Gasteiger partial charge in [-0.05, 0) is 19.9 Å². The number of carbonyl (C=O) groups excluding carboxylic acids is 1. The van der Waals surface area contributed by atoms with Gasteiger partial charge in [-0.3, -0.25) is 4.79 Å². The minimum atomic E-state index is -4.72. The fraction of sp³-hybridized carbons (Fsp3) is 0.533. The third-order valence-electron chi connectivity index (χ3n) is 3.75. The van der Waals surface area contributed by atoms with E-state index in [2.05, 4.69) is 10.3 Å². The second-order valence-corrected chi connectivity index (χ2v) is 6.54. The Hall–Kier alpha value is -2.23. The van der Waals surface area contributed by atoms with Gasteiger partial charge in [0.05, 0.1) is 23.0 Å². The molecule has 0 radical (unpaired) electrons. The summed E-state index contributed by atoms with van der Waals surface area (Å²) in [5.41, 5.74) is 0.0820. The fourth-order valence-electron chi connectivity index (χ4n) is 2.58. The summed E-state index contributed by atoms with van der Waals surface area (Å²) in [6, 6.07) is 0.455. The van der Waals surface area contributed by atoms with Crippen molar-refractivity contribution in [1.82, 2.24) is 9.88 Å². The Kier molecular flexibility index (Phi) is 5.84. The molecule has 26 heavy (non-hydrogen) atoms. The van der Waals surface area contributed by atoms with Crippen LogP contribution >= 0.6 is 11.6 Å². The summed E-state index contributed by atoms with van der Waals surface area (Å²) in [5, 5.41) is 11.6. The maximum Gasteiger partial charge on any atom is 0.394 e. The summed E-state index contributed by atoms with van der Waals surface area (Å²) < 4.78 is 44.5. The number of urea groups is 1. The maximum atomic E-state index is 13.0. The number of aromatic nitrogens is 1. The molecule has 1 aromatic rings. The molecule has 0 aromatic carbocycles. The summed E-state index contributed by atoms with van der Waals surface area (Å²) in [5.74, 6) is -5.39. The Morgan fingerprint density at radius 1 is 1.42 bits per heavy atom. The molecule has 1 aliphatic rings. The fourth-order valence-corrected chi connectivity index (χ4v) is 2.74. The number of hydrogen-bond donors (Lipinski definition) is 2. The molecule has 2 N–H and O–H groups in total. The number of likely N-dealkylation sites (tertiary alicyclic amines) is 1. The SMILES string of the molecule is CC(C)Oc1ncc(Cl)cc1NC(=O)N1C[C@@H](C(F)(F)F)[C@H](C(=O)O)C1. The summed E-state index contributed by atoms with van der Waals surface area (Å²) >= 11 is 5.83. The van der Waals surface area contributed by atoms with Gasteiger partial charge in [-0.2, -0.15) is 13.2 Å². The molecular formula is C15H17ClF3N3O4. The largest absolute Gasteiger partial charge is 0.481 e. The number of carboxylic acid groups (broad SMARTS) is 1. The Bertz CT molecular complexity index is 699. The highest BCUT2D eigenvalue weighted by molar-refractivity contribution is 6.30. The number of carbonyl (C=O) groups is 2. The number of rotatable bonds is 4. The second kappa shape index (κ2) is 7.56. The van der Waals surface area contributed by atoms with Crippen LogP contribution in [0.2, 0.25) is 5.02 Å². The van der Waals surface area contributed by atoms with Crippen LogP contribution in [0.3, 0.4) is 0 Å². The van der Waals surface area contributed by atoms with Crippen molar-refractivity contribution in [3.05, 3.63) is 17.3 Å². The number of carboxylic acids is 1. The highest BCUT2D eigenvalue weighted by Gasteiger charge is 2.53. The summed E-state index contributed by atoms with van der Waals surface area (Å²) in [4.78, 5) is 28.2. The minimum absolute atomic E-state index is 0.0547. The molecule has 2 amide bonds. The van der Waals surface area contributed by atoms with Crippen LogP contribution in [0, 0.1) is 11.8 Å². The monoisotopic (exact) mass is 395 g/mol. The van der Waals surface area contributed by atoms with Gasteiger partial charge in [0.2, 0.25) is 5.88 Å². The van der Waals surface area contributed by atoms with Crippen molar-refractivity contribution in [3.8, 4) is 5.88 Å². The molecule has 1 aromatic heterocycles. The minimum Gasteiger partial charge on any atom is -0.481 e. The number of ether oxygens (including phenoxy) is 1. The first-order chi connectivity index (χ1) is 12.0. The third-order valence-corrected chi connectivity index (χ3v) is 3.96. The first-order valence-corrected chi connectivity index (χ1v) is 8.04. The van der Waals surface area contributed by atoms with Crippen molar-refractivity contribution >= 4 is 29.3 Å². The molecule has 7 nitrogen and oxygen atoms in total. The standard InChI is InChI=1S/C15H17ClF3N3O4/c1-7(2)26-12-11(3-8(16)4-20-12)21-14(25)22-5-9(13(23)24)10(6-22)15(17,18)19/h3-4,7,9-10H,5-6H2,1-2H3,(H,21,25)(H,23,24)/t9-,10-/m1/s1. The van der Waals surface area contributed by atoms with Gasteiger partial charge >= 0.3 is 18.2 Å². The lowest BCUT2D eigenvalue weighted by atomic mass is 9.96. The van der Waals surface area contributed by atoms with E-state index in [1.54, 1.807) is 13.8 Å². The maximum absolute atomic E-state index is 13.0. The molecule has 2 atom stereocenters. The molecule has 0 bridgehead atoms. The van der Waals surface area contributed by atoms with Gasteiger partial charge in [-0.15, -0.1) is 0 Å². The van der Waals surface area contributed by atoms with Gasteiger partial charge in [0, 0.05) is 19.3 Å². The van der Waals surface area contributed by atoms with Crippen LogP contribution in [-0.4, -0.2) is 52.4 Å². The number of halogens is 4. The van der Waals surface area contributed by atoms with Crippen LogP contribution in [0.5, 0.6) is 5.88 Å². The lowest BCUT2D eigenvalue weighted by Gasteiger charge is -2.20. The number of alkyl halides is 3. The summed E-state index contributed by atoms with van der Waals surface area (Å²) in [7, 11) is 0. The number of aliphatic carboxylic acids is 1. The van der Waals surface area contributed by atoms with Crippen LogP contribution in [0.15, 0.2) is 12.3 Å². The number of anilines is 1. The average Bonchev–Trinajstić information content (AvgIpc) is 2.95. The van der Waals surface area contributed by atoms with Crippen molar-refractivity contribution in [2.75, 3.05) is 18.4 Å². The second-order valence-electron chi connectivity index (χ2n) is 6.10. The molecule has 1 fully saturated rings. The van der Waals surface area contributed by atoms with Gasteiger partial charge in [0.25, 0.3) is 0 Å². The number of amides is 2. The van der Waals surface area contributed by atoms with E-state index in [9.17, 15) is 22.8 Å². The van der Waals surface area contributed by atoms with E-state index >= 15 is 0 Å². The van der Waals surface area contributed by atoms with Gasteiger partial charge in [0.1, 0.15) is 5.69 Å². The average molecular weight is 396 g/mol. The zero-order chi connectivity index (χ0) is 19.6. The Morgan fingerprint density at radius 3 is 2.58 bits per heavy atom. The van der Waals surface area contributed by atoms with Gasteiger partial charge < -0.3 is 20.1 Å². The predicted molar refractivity (Wildman–Crippen MR) is 86.3 cm³/mol. The van der Waals surface area contributed by atoms with E-state index in [1.807, 2.05) is 0 Å². The van der Waals surface area contributed by atoms with Crippen molar-refractivity contribution in [1.29, 1.82) is 0 Å². The molecule has 0 spiro atoms. The smallest absolute Gasteiger partial charge is 0.394 e. The molecule has 11 heteroatoms. The molecule has 2 rings (SSSR count). The zero-order valence-corrected chi connectivity index (χ0v) is 14.6. The molecule has 0 aliphatic carbocycles. The number of hydrogen-bond acceptors (Lipinski definition) is 4. The Labute approximate surface area is 152 Å². The molecule has 144 valence electrons. The quantitative estimate of drug-likeness (QED) is 0.816. The zero-order valence-electron chi connectivity index (χ0n) is 13.9. The normalized spacial score (nSPS) is 20.3. The predicted octanol–water partition coefficient (Wildman–Crippen LogP) is 3.25. The first-order valence-electron chi connectivity index (χ1n) is 7.66. The van der Waals surface area contributed by atoms with Crippen LogP contribution in [-0.2, 0) is 4.79 Å². The van der Waals surface area contributed by atoms with E-state index < -0.39 is 43.1 Å². The van der Waals surface area contributed by atoms with Gasteiger partial charge in [-0.25, -0.2) is 9.78 Å². The molecule has 0 saturated carbocycles. The molecule has 1 saturated heterocycles. The van der Waals surface area contributed by atoms with Crippen molar-refractivity contribution in [2.45, 2.75) is 26.1 Å². The van der Waals surface area contributed by atoms with Crippen LogP contribution in [0.1, 0.15) is 13.8 Å². The number of nitrogens with one attached hydrogen (secondary N) is 1. The molecular weight excluding hydrogens is 379 g/mol. The van der Waals surface area contributed by atoms with E-state index in [0.717, 1.165) is 4.90 Å². The lowest BCUT2D eigenvalue weighted by Crippen LogP contribution is -2.35. The van der Waals surface area contributed by atoms with Gasteiger partial charge in [0.15, 0.2) is 0 Å². The number of nitrogens with zero attached hydrogens (tertiary/aromatic N) is 2. The van der Waals surface area contributed by atoms with E-state index in [4.69, 9.17) is 21.4 Å². The summed E-state index contributed by atoms with van der Waals surface area (Å²) in [6.45, 7) is 2.15. The molecule has 1 aliphatic heterocycles. The molecule has 0 unspecified atom stereocenters. The van der Waals surface area contributed by atoms with E-state index in [0.29, 0.717) is 0 Å². The van der Waals surface area contributed by atoms with Crippen molar-refractivity contribution in [2.24, 2.45) is 11.8 Å². The highest BCUT2D eigenvalue weighted by Crippen LogP contribution is 2.38. The van der Waals surface area contributed by atoms with Crippen molar-refractivity contribution < 1.29 is 32.6 Å². The third kappa shape index (κ3) is 4.69. The molecule has 2 heterocycles.